The number of hydrogen-bond acceptors (Lipinski definition) is 6. The van der Waals surface area contributed by atoms with E-state index in [1.54, 1.807) is 25.1 Å². The molecule has 1 aromatic heterocycles. The summed E-state index contributed by atoms with van der Waals surface area (Å²) in [5, 5.41) is 0.602. The van der Waals surface area contributed by atoms with Crippen LogP contribution in [0.1, 0.15) is 35.2 Å². The van der Waals surface area contributed by atoms with Gasteiger partial charge in [-0.05, 0) is 94.1 Å². The van der Waals surface area contributed by atoms with Crippen LogP contribution in [0, 0.1) is 13.0 Å². The van der Waals surface area contributed by atoms with Gasteiger partial charge >= 0.3 is 5.97 Å². The van der Waals surface area contributed by atoms with Crippen LogP contribution >= 0.6 is 68.1 Å². The van der Waals surface area contributed by atoms with Crippen molar-refractivity contribution in [2.45, 2.75) is 19.6 Å². The molecule has 11 heteroatoms. The van der Waals surface area contributed by atoms with Crippen molar-refractivity contribution in [1.29, 1.82) is 0 Å². The summed E-state index contributed by atoms with van der Waals surface area (Å²) in [4.78, 5) is 33.2. The maximum Gasteiger partial charge on any atom is 0.338 e. The highest BCUT2D eigenvalue weighted by molar-refractivity contribution is 14.1. The summed E-state index contributed by atoms with van der Waals surface area (Å²) in [6.45, 7) is 2.09. The minimum absolute atomic E-state index is 0.132. The second-order valence-electron chi connectivity index (χ2n) is 10.2. The zero-order valence-electron chi connectivity index (χ0n) is 24.2. The quantitative estimate of drug-likeness (QED) is 0.120. The molecule has 0 unspecified atom stereocenters. The normalized spacial score (nSPS) is 14.5. The summed E-state index contributed by atoms with van der Waals surface area (Å²) < 4.78 is 29.6. The standard InChI is InChI=1S/C35H24ClFI2N2O4S/c1-2-44-34(43)29-30(20-8-4-3-5-9-20)40-35-41(31(29)21-12-14-24(37)15-13-21)33(42)28(46-35)17-23-16-25(38)18-27(39)32(23)45-19-22-10-6-7-11-26(22)36/h3-18,31H,2,19H2,1H3/b28-17-/t31-/m0/s1. The van der Waals surface area contributed by atoms with Gasteiger partial charge in [0, 0.05) is 25.3 Å². The van der Waals surface area contributed by atoms with Crippen molar-refractivity contribution < 1.29 is 18.7 Å². The molecule has 1 aliphatic rings. The van der Waals surface area contributed by atoms with Gasteiger partial charge < -0.3 is 9.47 Å². The second kappa shape index (κ2) is 14.2. The van der Waals surface area contributed by atoms with E-state index < -0.39 is 17.8 Å². The lowest BCUT2D eigenvalue weighted by Gasteiger charge is -2.25. The molecule has 5 aromatic rings. The number of rotatable bonds is 8. The average Bonchev–Trinajstić information content (AvgIpc) is 3.35. The van der Waals surface area contributed by atoms with E-state index in [1.165, 1.54) is 28.0 Å². The fraction of sp³-hybridized carbons (Fsp3) is 0.114. The summed E-state index contributed by atoms with van der Waals surface area (Å²) in [5.74, 6) is -0.422. The van der Waals surface area contributed by atoms with Gasteiger partial charge in [0.15, 0.2) is 4.80 Å². The van der Waals surface area contributed by atoms with E-state index in [0.717, 1.165) is 12.7 Å². The van der Waals surface area contributed by atoms with E-state index in [4.69, 9.17) is 26.1 Å². The first-order chi connectivity index (χ1) is 22.2. The molecule has 0 fully saturated rings. The van der Waals surface area contributed by atoms with Crippen molar-refractivity contribution in [3.8, 4) is 5.75 Å². The van der Waals surface area contributed by atoms with Crippen LogP contribution in [0.2, 0.25) is 5.02 Å². The predicted octanol–water partition coefficient (Wildman–Crippen LogP) is 7.52. The van der Waals surface area contributed by atoms with E-state index in [2.05, 4.69) is 45.2 Å². The molecule has 46 heavy (non-hydrogen) atoms. The number of carbonyl (C=O) groups is 1. The van der Waals surface area contributed by atoms with Crippen LogP contribution < -0.4 is 19.6 Å². The molecule has 1 aliphatic heterocycles. The Morgan fingerprint density at radius 1 is 1.04 bits per heavy atom. The van der Waals surface area contributed by atoms with Crippen LogP contribution in [0.3, 0.4) is 0 Å². The van der Waals surface area contributed by atoms with Crippen LogP contribution in [0.25, 0.3) is 11.8 Å². The van der Waals surface area contributed by atoms with Crippen LogP contribution in [0.15, 0.2) is 106 Å². The second-order valence-corrected chi connectivity index (χ2v) is 14.0. The number of fused-ring (bicyclic) bond motifs is 1. The molecule has 0 spiro atoms. The third-order valence-corrected chi connectivity index (χ3v) is 9.99. The van der Waals surface area contributed by atoms with Crippen molar-refractivity contribution in [1.82, 2.24) is 4.57 Å². The summed E-state index contributed by atoms with van der Waals surface area (Å²) in [7, 11) is 0. The number of thiazole rings is 1. The molecule has 0 saturated carbocycles. The number of ether oxygens (including phenoxy) is 2. The first kappa shape index (κ1) is 32.6. The van der Waals surface area contributed by atoms with E-state index in [9.17, 15) is 14.0 Å². The third-order valence-electron chi connectivity index (χ3n) is 7.21. The number of nitrogens with zero attached hydrogens (tertiary/aromatic N) is 2. The molecular formula is C35H24ClFI2N2O4S. The minimum Gasteiger partial charge on any atom is -0.487 e. The molecule has 0 aliphatic carbocycles. The zero-order chi connectivity index (χ0) is 32.4. The first-order valence-electron chi connectivity index (χ1n) is 14.1. The monoisotopic (exact) mass is 876 g/mol. The molecule has 0 radical (unpaired) electrons. The van der Waals surface area contributed by atoms with Crippen molar-refractivity contribution >= 4 is 85.9 Å². The lowest BCUT2D eigenvalue weighted by molar-refractivity contribution is -0.138. The number of esters is 1. The Morgan fingerprint density at radius 2 is 1.76 bits per heavy atom. The van der Waals surface area contributed by atoms with Crippen molar-refractivity contribution in [2.24, 2.45) is 4.99 Å². The van der Waals surface area contributed by atoms with Crippen molar-refractivity contribution in [3.63, 3.8) is 0 Å². The lowest BCUT2D eigenvalue weighted by atomic mass is 9.93. The Morgan fingerprint density at radius 3 is 2.48 bits per heavy atom. The molecule has 232 valence electrons. The highest BCUT2D eigenvalue weighted by Gasteiger charge is 2.35. The summed E-state index contributed by atoms with van der Waals surface area (Å²) in [5.41, 5.74) is 3.03. The number of aromatic nitrogens is 1. The Bertz CT molecular complexity index is 2170. The Balaban J connectivity index is 1.56. The van der Waals surface area contributed by atoms with E-state index >= 15 is 0 Å². The molecule has 0 bridgehead atoms. The lowest BCUT2D eigenvalue weighted by Crippen LogP contribution is -2.40. The molecule has 0 amide bonds. The number of benzene rings is 4. The fourth-order valence-electron chi connectivity index (χ4n) is 5.15. The predicted molar refractivity (Wildman–Crippen MR) is 195 cm³/mol. The highest BCUT2D eigenvalue weighted by atomic mass is 127. The van der Waals surface area contributed by atoms with Crippen molar-refractivity contribution in [2.75, 3.05) is 6.61 Å². The Kier molecular flexibility index (Phi) is 10.1. The molecule has 0 N–H and O–H groups in total. The van der Waals surface area contributed by atoms with E-state index in [1.807, 2.05) is 66.7 Å². The number of carbonyl (C=O) groups excluding carboxylic acids is 1. The highest BCUT2D eigenvalue weighted by Crippen LogP contribution is 2.35. The topological polar surface area (TPSA) is 69.9 Å². The van der Waals surface area contributed by atoms with E-state index in [0.29, 0.717) is 42.5 Å². The SMILES string of the molecule is CCOC(=O)C1=C(c2ccccc2)N=c2s/c(=C\c3cc(I)cc(I)c3OCc3ccccc3Cl)c(=O)n2[C@H]1c1ccc(F)cc1. The molecule has 6 rings (SSSR count). The molecule has 1 atom stereocenters. The van der Waals surface area contributed by atoms with Gasteiger partial charge in [0.1, 0.15) is 18.2 Å². The van der Waals surface area contributed by atoms with Crippen LogP contribution in [0.4, 0.5) is 4.39 Å². The molecular weight excluding hydrogens is 853 g/mol. The van der Waals surface area contributed by atoms with Gasteiger partial charge in [-0.2, -0.15) is 0 Å². The van der Waals surface area contributed by atoms with Gasteiger partial charge in [-0.3, -0.25) is 9.36 Å². The van der Waals surface area contributed by atoms with E-state index in [-0.39, 0.29) is 24.3 Å². The smallest absolute Gasteiger partial charge is 0.338 e. The molecule has 4 aromatic carbocycles. The van der Waals surface area contributed by atoms with Gasteiger partial charge in [0.2, 0.25) is 0 Å². The summed E-state index contributed by atoms with van der Waals surface area (Å²) in [6.07, 6.45) is 1.79. The summed E-state index contributed by atoms with van der Waals surface area (Å²) in [6, 6.07) is 25.6. The van der Waals surface area contributed by atoms with Gasteiger partial charge in [-0.25, -0.2) is 14.2 Å². The third kappa shape index (κ3) is 6.71. The van der Waals surface area contributed by atoms with Gasteiger partial charge in [0.25, 0.3) is 5.56 Å². The van der Waals surface area contributed by atoms with Gasteiger partial charge in [0.05, 0.1) is 32.0 Å². The van der Waals surface area contributed by atoms with Crippen LogP contribution in [-0.4, -0.2) is 17.1 Å². The number of halogens is 4. The minimum atomic E-state index is -0.903. The zero-order valence-corrected chi connectivity index (χ0v) is 30.1. The average molecular weight is 877 g/mol. The van der Waals surface area contributed by atoms with Crippen LogP contribution in [0.5, 0.6) is 5.75 Å². The van der Waals surface area contributed by atoms with Gasteiger partial charge in [-0.1, -0.05) is 83.6 Å². The maximum absolute atomic E-state index is 14.3. The maximum atomic E-state index is 14.3. The van der Waals surface area contributed by atoms with Crippen molar-refractivity contribution in [3.05, 3.63) is 156 Å². The largest absolute Gasteiger partial charge is 0.487 e. The molecule has 0 saturated heterocycles. The van der Waals surface area contributed by atoms with Gasteiger partial charge in [-0.15, -0.1) is 0 Å². The van der Waals surface area contributed by atoms with Crippen LogP contribution in [-0.2, 0) is 16.1 Å². The summed E-state index contributed by atoms with van der Waals surface area (Å²) >= 11 is 12.0. The Labute approximate surface area is 300 Å². The first-order valence-corrected chi connectivity index (χ1v) is 17.5. The number of hydrogen-bond donors (Lipinski definition) is 0. The fourth-order valence-corrected chi connectivity index (χ4v) is 8.37. The molecule has 2 heterocycles. The molecule has 6 nitrogen and oxygen atoms in total. The Hall–Kier alpha value is -3.33.